The second-order valence-corrected chi connectivity index (χ2v) is 8.06. The fraction of sp³-hybridized carbons (Fsp3) is 0.167. The minimum absolute atomic E-state index is 0.0724. The van der Waals surface area contributed by atoms with Gasteiger partial charge in [0.25, 0.3) is 11.5 Å². The molecule has 2 heterocycles. The van der Waals surface area contributed by atoms with Crippen LogP contribution in [0.3, 0.4) is 0 Å². The van der Waals surface area contributed by atoms with Crippen molar-refractivity contribution in [1.82, 2.24) is 9.88 Å². The van der Waals surface area contributed by atoms with Crippen molar-refractivity contribution < 1.29 is 4.79 Å². The van der Waals surface area contributed by atoms with Crippen LogP contribution in [-0.2, 0) is 19.5 Å². The number of aryl methyl sites for hydroxylation is 1. The average molecular weight is 403 g/mol. The van der Waals surface area contributed by atoms with Crippen LogP contribution in [0.4, 0.5) is 0 Å². The van der Waals surface area contributed by atoms with Crippen LogP contribution in [0.2, 0.25) is 0 Å². The van der Waals surface area contributed by atoms with Gasteiger partial charge in [0, 0.05) is 17.4 Å². The van der Waals surface area contributed by atoms with Gasteiger partial charge >= 0.3 is 0 Å². The summed E-state index contributed by atoms with van der Waals surface area (Å²) in [6.07, 6.45) is 2.79. The topological polar surface area (TPSA) is 51.1 Å². The summed E-state index contributed by atoms with van der Waals surface area (Å²) >= 11 is 1.35. The largest absolute Gasteiger partial charge is 0.347 e. The Bertz CT molecular complexity index is 1190. The maximum Gasteiger partial charge on any atom is 0.261 e. The van der Waals surface area contributed by atoms with Crippen molar-refractivity contribution in [3.05, 3.63) is 105 Å². The third-order valence-electron chi connectivity index (χ3n) is 4.96. The van der Waals surface area contributed by atoms with E-state index < -0.39 is 0 Å². The Morgan fingerprint density at radius 2 is 1.69 bits per heavy atom. The SMILES string of the molecule is CCc1ccc(CNC(=O)c2cc3c(=O)n(Cc4ccccc4)ccc3s2)cc1. The molecular formula is C24H22N2O2S. The van der Waals surface area contributed by atoms with Gasteiger partial charge in [0.15, 0.2) is 0 Å². The lowest BCUT2D eigenvalue weighted by Gasteiger charge is -2.05. The second-order valence-electron chi connectivity index (χ2n) is 6.98. The lowest BCUT2D eigenvalue weighted by molar-refractivity contribution is 0.0955. The molecule has 0 spiro atoms. The van der Waals surface area contributed by atoms with Crippen LogP contribution in [-0.4, -0.2) is 10.5 Å². The van der Waals surface area contributed by atoms with Crippen LogP contribution in [0.1, 0.15) is 33.3 Å². The number of hydrogen-bond acceptors (Lipinski definition) is 3. The number of carbonyl (C=O) groups is 1. The molecule has 2 aromatic carbocycles. The predicted molar refractivity (Wildman–Crippen MR) is 119 cm³/mol. The monoisotopic (exact) mass is 402 g/mol. The van der Waals surface area contributed by atoms with Crippen LogP contribution in [0, 0.1) is 0 Å². The quantitative estimate of drug-likeness (QED) is 0.512. The first-order chi connectivity index (χ1) is 14.1. The lowest BCUT2D eigenvalue weighted by Crippen LogP contribution is -2.22. The molecule has 4 aromatic rings. The van der Waals surface area contributed by atoms with Crippen LogP contribution in [0.25, 0.3) is 10.1 Å². The fourth-order valence-corrected chi connectivity index (χ4v) is 4.22. The van der Waals surface area contributed by atoms with Crippen LogP contribution >= 0.6 is 11.3 Å². The van der Waals surface area contributed by atoms with Crippen molar-refractivity contribution in [2.45, 2.75) is 26.4 Å². The molecule has 0 aliphatic heterocycles. The molecule has 29 heavy (non-hydrogen) atoms. The highest BCUT2D eigenvalue weighted by molar-refractivity contribution is 7.20. The number of benzene rings is 2. The Labute approximate surface area is 173 Å². The molecule has 5 heteroatoms. The first kappa shape index (κ1) is 19.2. The Morgan fingerprint density at radius 3 is 2.41 bits per heavy atom. The summed E-state index contributed by atoms with van der Waals surface area (Å²) in [4.78, 5) is 26.0. The van der Waals surface area contributed by atoms with E-state index in [4.69, 9.17) is 0 Å². The highest BCUT2D eigenvalue weighted by Crippen LogP contribution is 2.23. The van der Waals surface area contributed by atoms with E-state index >= 15 is 0 Å². The number of fused-ring (bicyclic) bond motifs is 1. The summed E-state index contributed by atoms with van der Waals surface area (Å²) in [5.74, 6) is -0.153. The van der Waals surface area contributed by atoms with E-state index in [0.29, 0.717) is 23.4 Å². The Balaban J connectivity index is 1.51. The molecule has 0 atom stereocenters. The van der Waals surface area contributed by atoms with E-state index in [-0.39, 0.29) is 11.5 Å². The van der Waals surface area contributed by atoms with Gasteiger partial charge in [0.1, 0.15) is 0 Å². The molecule has 2 aromatic heterocycles. The normalized spacial score (nSPS) is 10.9. The molecule has 4 nitrogen and oxygen atoms in total. The van der Waals surface area contributed by atoms with E-state index in [0.717, 1.165) is 22.2 Å². The summed E-state index contributed by atoms with van der Waals surface area (Å²) in [7, 11) is 0. The molecule has 0 saturated carbocycles. The standard InChI is InChI=1S/C24H22N2O2S/c1-2-17-8-10-18(11-9-17)15-25-23(27)22-14-20-21(29-22)12-13-26(24(20)28)16-19-6-4-3-5-7-19/h3-14H,2,15-16H2,1H3,(H,25,27). The summed E-state index contributed by atoms with van der Waals surface area (Å²) in [5.41, 5.74) is 3.33. The van der Waals surface area contributed by atoms with Crippen molar-refractivity contribution in [2.24, 2.45) is 0 Å². The van der Waals surface area contributed by atoms with Gasteiger partial charge in [0.2, 0.25) is 0 Å². The van der Waals surface area contributed by atoms with Gasteiger partial charge in [-0.05, 0) is 35.2 Å². The van der Waals surface area contributed by atoms with Crippen molar-refractivity contribution in [3.63, 3.8) is 0 Å². The van der Waals surface area contributed by atoms with Gasteiger partial charge in [-0.25, -0.2) is 0 Å². The average Bonchev–Trinajstić information content (AvgIpc) is 3.20. The van der Waals surface area contributed by atoms with Crippen molar-refractivity contribution in [2.75, 3.05) is 0 Å². The third-order valence-corrected chi connectivity index (χ3v) is 6.06. The molecule has 1 N–H and O–H groups in total. The molecule has 1 amide bonds. The van der Waals surface area contributed by atoms with Crippen molar-refractivity contribution in [1.29, 1.82) is 0 Å². The van der Waals surface area contributed by atoms with E-state index in [2.05, 4.69) is 24.4 Å². The molecule has 4 rings (SSSR count). The number of amides is 1. The summed E-state index contributed by atoms with van der Waals surface area (Å²) < 4.78 is 2.51. The fourth-order valence-electron chi connectivity index (χ4n) is 3.25. The summed E-state index contributed by atoms with van der Waals surface area (Å²) in [5, 5.41) is 3.54. The number of pyridine rings is 1. The number of hydrogen-bond donors (Lipinski definition) is 1. The van der Waals surface area contributed by atoms with Crippen molar-refractivity contribution >= 4 is 27.3 Å². The lowest BCUT2D eigenvalue weighted by atomic mass is 10.1. The molecular weight excluding hydrogens is 380 g/mol. The van der Waals surface area contributed by atoms with Gasteiger partial charge in [-0.1, -0.05) is 61.5 Å². The van der Waals surface area contributed by atoms with Crippen LogP contribution in [0.5, 0.6) is 0 Å². The smallest absolute Gasteiger partial charge is 0.261 e. The highest BCUT2D eigenvalue weighted by Gasteiger charge is 2.13. The van der Waals surface area contributed by atoms with E-state index in [1.165, 1.54) is 16.9 Å². The summed E-state index contributed by atoms with van der Waals surface area (Å²) in [6, 6.07) is 21.7. The number of aromatic nitrogens is 1. The zero-order chi connectivity index (χ0) is 20.2. The number of rotatable bonds is 6. The maximum atomic E-state index is 12.8. The molecule has 0 fully saturated rings. The van der Waals surface area contributed by atoms with Crippen LogP contribution < -0.4 is 10.9 Å². The zero-order valence-electron chi connectivity index (χ0n) is 16.2. The Hall–Kier alpha value is -3.18. The van der Waals surface area contributed by atoms with Gasteiger partial charge in [-0.2, -0.15) is 0 Å². The number of carbonyl (C=O) groups excluding carboxylic acids is 1. The van der Waals surface area contributed by atoms with Gasteiger partial charge in [0.05, 0.1) is 16.8 Å². The van der Waals surface area contributed by atoms with E-state index in [1.54, 1.807) is 16.8 Å². The predicted octanol–water partition coefficient (Wildman–Crippen LogP) is 4.60. The Kier molecular flexibility index (Phi) is 5.58. The van der Waals surface area contributed by atoms with Gasteiger partial charge in [-0.15, -0.1) is 11.3 Å². The second kappa shape index (κ2) is 8.45. The molecule has 0 radical (unpaired) electrons. The molecule has 0 saturated heterocycles. The van der Waals surface area contributed by atoms with Crippen LogP contribution in [0.15, 0.2) is 77.7 Å². The number of nitrogens with one attached hydrogen (secondary N) is 1. The van der Waals surface area contributed by atoms with E-state index in [9.17, 15) is 9.59 Å². The van der Waals surface area contributed by atoms with E-state index in [1.807, 2.05) is 48.5 Å². The highest BCUT2D eigenvalue weighted by atomic mass is 32.1. The number of thiophene rings is 1. The molecule has 0 bridgehead atoms. The van der Waals surface area contributed by atoms with Crippen molar-refractivity contribution in [3.8, 4) is 0 Å². The Morgan fingerprint density at radius 1 is 0.966 bits per heavy atom. The maximum absolute atomic E-state index is 12.8. The first-order valence-corrected chi connectivity index (χ1v) is 10.5. The first-order valence-electron chi connectivity index (χ1n) is 9.67. The molecule has 0 aliphatic carbocycles. The van der Waals surface area contributed by atoms with Gasteiger partial charge < -0.3 is 9.88 Å². The zero-order valence-corrected chi connectivity index (χ0v) is 17.0. The number of nitrogens with zero attached hydrogens (tertiary/aromatic N) is 1. The molecule has 0 unspecified atom stereocenters. The molecule has 0 aliphatic rings. The summed E-state index contributed by atoms with van der Waals surface area (Å²) in [6.45, 7) is 3.10. The minimum atomic E-state index is -0.153. The molecule has 146 valence electrons. The third kappa shape index (κ3) is 4.30. The minimum Gasteiger partial charge on any atom is -0.347 e. The van der Waals surface area contributed by atoms with Gasteiger partial charge in [-0.3, -0.25) is 9.59 Å².